The number of aromatic amines is 3. The van der Waals surface area contributed by atoms with Crippen molar-refractivity contribution in [3.05, 3.63) is 185 Å². The molecule has 0 saturated carbocycles. The van der Waals surface area contributed by atoms with Crippen molar-refractivity contribution in [3.63, 3.8) is 0 Å². The summed E-state index contributed by atoms with van der Waals surface area (Å²) >= 11 is 0. The van der Waals surface area contributed by atoms with Crippen LogP contribution in [0.1, 0.15) is 27.8 Å². The molecule has 0 radical (unpaired) electrons. The largest absolute Gasteiger partial charge is 0.328 e. The van der Waals surface area contributed by atoms with Crippen LogP contribution in [0.3, 0.4) is 0 Å². The van der Waals surface area contributed by atoms with E-state index in [1.807, 2.05) is 103 Å². The number of H-pyrrole nitrogens is 3. The van der Waals surface area contributed by atoms with Crippen LogP contribution in [-0.2, 0) is 18.4 Å². The highest BCUT2D eigenvalue weighted by molar-refractivity contribution is 5.88. The first-order valence-corrected chi connectivity index (χ1v) is 13.2. The fraction of sp³-hybridized carbons (Fsp3) is 0.0909. The number of hydrogen-bond acceptors (Lipinski definition) is 4. The van der Waals surface area contributed by atoms with Gasteiger partial charge in [0.1, 0.15) is 0 Å². The van der Waals surface area contributed by atoms with Crippen molar-refractivity contribution in [1.29, 1.82) is 0 Å². The molecule has 1 atom stereocenters. The molecule has 8 heteroatoms. The Labute approximate surface area is 233 Å². The van der Waals surface area contributed by atoms with Crippen molar-refractivity contribution >= 4 is 10.8 Å². The van der Waals surface area contributed by atoms with Crippen LogP contribution in [0, 0.1) is 0 Å². The van der Waals surface area contributed by atoms with Gasteiger partial charge in [0.2, 0.25) is 0 Å². The average Bonchev–Trinajstić information content (AvgIpc) is 2.98. The third-order valence-corrected chi connectivity index (χ3v) is 7.51. The number of rotatable bonds is 7. The quantitative estimate of drug-likeness (QED) is 0.285. The van der Waals surface area contributed by atoms with Gasteiger partial charge in [-0.15, -0.1) is 0 Å². The summed E-state index contributed by atoms with van der Waals surface area (Å²) in [5, 5.41) is 1.74. The Kier molecular flexibility index (Phi) is 6.65. The van der Waals surface area contributed by atoms with E-state index in [0.29, 0.717) is 5.56 Å². The van der Waals surface area contributed by atoms with Gasteiger partial charge in [-0.2, -0.15) is 0 Å². The molecule has 6 rings (SSSR count). The normalized spacial score (nSPS) is 12.7. The zero-order chi connectivity index (χ0) is 28.4. The summed E-state index contributed by atoms with van der Waals surface area (Å²) in [7, 11) is 0. The Balaban J connectivity index is 1.76. The minimum absolute atomic E-state index is 0.174. The molecule has 0 aliphatic rings. The molecule has 41 heavy (non-hydrogen) atoms. The molecule has 2 heterocycles. The molecule has 0 aliphatic carbocycles. The first kappa shape index (κ1) is 25.8. The van der Waals surface area contributed by atoms with Crippen molar-refractivity contribution in [3.8, 4) is 0 Å². The Morgan fingerprint density at radius 1 is 0.610 bits per heavy atom. The maximum Gasteiger partial charge on any atom is 0.328 e. The topological polar surface area (TPSA) is 121 Å². The van der Waals surface area contributed by atoms with Crippen molar-refractivity contribution in [2.75, 3.05) is 0 Å². The monoisotopic (exact) mass is 542 g/mol. The molecule has 0 saturated heterocycles. The summed E-state index contributed by atoms with van der Waals surface area (Å²) in [6.45, 7) is 0.211. The van der Waals surface area contributed by atoms with Crippen molar-refractivity contribution in [2.45, 2.75) is 18.4 Å². The molecule has 2 aromatic heterocycles. The first-order valence-electron chi connectivity index (χ1n) is 13.2. The number of hydrogen-bond donors (Lipinski definition) is 3. The zero-order valence-electron chi connectivity index (χ0n) is 22.0. The van der Waals surface area contributed by atoms with Gasteiger partial charge in [-0.3, -0.25) is 24.1 Å². The van der Waals surface area contributed by atoms with Crippen LogP contribution in [0.25, 0.3) is 10.8 Å². The van der Waals surface area contributed by atoms with E-state index in [0.717, 1.165) is 21.9 Å². The third-order valence-electron chi connectivity index (χ3n) is 7.51. The summed E-state index contributed by atoms with van der Waals surface area (Å²) in [5.74, 6) is 0. The minimum atomic E-state index is -1.40. The summed E-state index contributed by atoms with van der Waals surface area (Å²) in [5.41, 5.74) is -1.09. The standard InChI is InChI=1S/C33H26N4O4/c38-29-27(19-34-31(40)35-29)33(18-22-10-3-1-4-11-22,26-17-9-15-24-14-7-8-16-25(24)26)28-21-37(32(41)36-30(28)39)20-23-12-5-2-6-13-23/h1-17,19,21H,18,20H2,(H,36,39,41)(H2,34,35,38,40)/t33-/m1/s1. The number of nitrogens with zero attached hydrogens (tertiary/aromatic N) is 1. The van der Waals surface area contributed by atoms with Gasteiger partial charge >= 0.3 is 11.4 Å². The lowest BCUT2D eigenvalue weighted by Gasteiger charge is -2.35. The summed E-state index contributed by atoms with van der Waals surface area (Å²) in [6, 6.07) is 32.4. The van der Waals surface area contributed by atoms with Crippen LogP contribution in [0.5, 0.6) is 0 Å². The highest BCUT2D eigenvalue weighted by atomic mass is 16.2. The van der Waals surface area contributed by atoms with Gasteiger partial charge in [0, 0.05) is 23.5 Å². The minimum Gasteiger partial charge on any atom is -0.314 e. The van der Waals surface area contributed by atoms with E-state index in [1.165, 1.54) is 10.8 Å². The summed E-state index contributed by atoms with van der Waals surface area (Å²) in [4.78, 5) is 60.2. The van der Waals surface area contributed by atoms with E-state index in [-0.39, 0.29) is 24.1 Å². The van der Waals surface area contributed by atoms with Gasteiger partial charge in [-0.05, 0) is 33.9 Å². The van der Waals surface area contributed by atoms with Crippen molar-refractivity contribution in [2.24, 2.45) is 0 Å². The predicted octanol–water partition coefficient (Wildman–Crippen LogP) is 3.69. The van der Waals surface area contributed by atoms with E-state index in [9.17, 15) is 19.2 Å². The number of fused-ring (bicyclic) bond motifs is 1. The molecule has 3 N–H and O–H groups in total. The van der Waals surface area contributed by atoms with Crippen LogP contribution < -0.4 is 22.5 Å². The highest BCUT2D eigenvalue weighted by Gasteiger charge is 2.43. The number of nitrogens with one attached hydrogen (secondary N) is 3. The molecular formula is C33H26N4O4. The molecule has 0 fully saturated rings. The summed E-state index contributed by atoms with van der Waals surface area (Å²) < 4.78 is 1.44. The molecule has 6 aromatic rings. The SMILES string of the molecule is O=c1[nH]cc([C@](Cc2ccccc2)(c2cn(Cc3ccccc3)c(=O)[nH]c2=O)c2cccc3ccccc23)c(=O)[nH]1. The molecule has 0 unspecified atom stereocenters. The maximum atomic E-state index is 13.9. The van der Waals surface area contributed by atoms with Gasteiger partial charge in [0.15, 0.2) is 0 Å². The first-order chi connectivity index (χ1) is 20.0. The van der Waals surface area contributed by atoms with Crippen LogP contribution in [0.15, 0.2) is 135 Å². The van der Waals surface area contributed by atoms with Gasteiger partial charge in [-0.1, -0.05) is 103 Å². The lowest BCUT2D eigenvalue weighted by Crippen LogP contribution is -2.46. The molecule has 0 spiro atoms. The summed E-state index contributed by atoms with van der Waals surface area (Å²) in [6.07, 6.45) is 3.12. The highest BCUT2D eigenvalue weighted by Crippen LogP contribution is 2.42. The Hall–Kier alpha value is -5.50. The molecule has 8 nitrogen and oxygen atoms in total. The maximum absolute atomic E-state index is 13.9. The average molecular weight is 543 g/mol. The fourth-order valence-electron chi connectivity index (χ4n) is 5.66. The van der Waals surface area contributed by atoms with Gasteiger partial charge in [-0.25, -0.2) is 9.59 Å². The number of aromatic nitrogens is 4. The van der Waals surface area contributed by atoms with E-state index in [2.05, 4.69) is 15.0 Å². The van der Waals surface area contributed by atoms with E-state index in [4.69, 9.17) is 0 Å². The van der Waals surface area contributed by atoms with Crippen LogP contribution >= 0.6 is 0 Å². The van der Waals surface area contributed by atoms with Crippen LogP contribution in [-0.4, -0.2) is 19.5 Å². The molecule has 0 bridgehead atoms. The fourth-order valence-corrected chi connectivity index (χ4v) is 5.66. The Morgan fingerprint density at radius 2 is 1.24 bits per heavy atom. The smallest absolute Gasteiger partial charge is 0.314 e. The van der Waals surface area contributed by atoms with E-state index >= 15 is 0 Å². The second-order valence-electron chi connectivity index (χ2n) is 10.00. The molecule has 0 aliphatic heterocycles. The lowest BCUT2D eigenvalue weighted by molar-refractivity contribution is 0.575. The zero-order valence-corrected chi connectivity index (χ0v) is 22.0. The van der Waals surface area contributed by atoms with E-state index in [1.54, 1.807) is 6.20 Å². The lowest BCUT2D eigenvalue weighted by atomic mass is 9.66. The molecule has 4 aromatic carbocycles. The van der Waals surface area contributed by atoms with Crippen LogP contribution in [0.4, 0.5) is 0 Å². The second kappa shape index (κ2) is 10.6. The predicted molar refractivity (Wildman–Crippen MR) is 159 cm³/mol. The van der Waals surface area contributed by atoms with Crippen LogP contribution in [0.2, 0.25) is 0 Å². The van der Waals surface area contributed by atoms with Gasteiger partial charge < -0.3 is 4.98 Å². The second-order valence-corrected chi connectivity index (χ2v) is 10.00. The Morgan fingerprint density at radius 3 is 1.98 bits per heavy atom. The number of benzene rings is 4. The Bertz CT molecular complexity index is 2090. The van der Waals surface area contributed by atoms with Gasteiger partial charge in [0.25, 0.3) is 11.1 Å². The van der Waals surface area contributed by atoms with E-state index < -0.39 is 27.9 Å². The molecule has 202 valence electrons. The molecule has 0 amide bonds. The third kappa shape index (κ3) is 4.76. The van der Waals surface area contributed by atoms with Crippen molar-refractivity contribution in [1.82, 2.24) is 19.5 Å². The van der Waals surface area contributed by atoms with Gasteiger partial charge in [0.05, 0.1) is 12.0 Å². The molecular weight excluding hydrogens is 516 g/mol. The van der Waals surface area contributed by atoms with Crippen molar-refractivity contribution < 1.29 is 0 Å².